The van der Waals surface area contributed by atoms with Gasteiger partial charge in [-0.05, 0) is 37.7 Å². The highest BCUT2D eigenvalue weighted by Crippen LogP contribution is 2.33. The van der Waals surface area contributed by atoms with Crippen molar-refractivity contribution in [2.45, 2.75) is 13.0 Å². The summed E-state index contributed by atoms with van der Waals surface area (Å²) in [5, 5.41) is 3.28. The summed E-state index contributed by atoms with van der Waals surface area (Å²) in [7, 11) is 5.23. The highest BCUT2D eigenvalue weighted by Gasteiger charge is 2.21. The van der Waals surface area contributed by atoms with Gasteiger partial charge in [0.15, 0.2) is 0 Å². The van der Waals surface area contributed by atoms with E-state index in [0.717, 1.165) is 28.3 Å². The Hall–Kier alpha value is -2.07. The Labute approximate surface area is 119 Å². The molecule has 0 saturated carbocycles. The van der Waals surface area contributed by atoms with E-state index >= 15 is 0 Å². The van der Waals surface area contributed by atoms with Crippen molar-refractivity contribution in [3.8, 4) is 11.5 Å². The number of benzene rings is 1. The van der Waals surface area contributed by atoms with Crippen molar-refractivity contribution >= 4 is 0 Å². The van der Waals surface area contributed by atoms with Gasteiger partial charge in [-0.3, -0.25) is 4.98 Å². The van der Waals surface area contributed by atoms with Gasteiger partial charge in [0.2, 0.25) is 0 Å². The van der Waals surface area contributed by atoms with Gasteiger partial charge in [0, 0.05) is 11.8 Å². The van der Waals surface area contributed by atoms with Crippen LogP contribution < -0.4 is 14.8 Å². The second-order valence-electron chi connectivity index (χ2n) is 4.56. The second kappa shape index (κ2) is 6.39. The van der Waals surface area contributed by atoms with Crippen molar-refractivity contribution in [1.82, 2.24) is 10.3 Å². The van der Waals surface area contributed by atoms with Gasteiger partial charge in [0.1, 0.15) is 17.2 Å². The predicted octanol–water partition coefficient (Wildman–Crippen LogP) is 2.72. The molecular formula is C16H20N2O2. The molecular weight excluding hydrogens is 252 g/mol. The molecule has 106 valence electrons. The third-order valence-electron chi connectivity index (χ3n) is 3.28. The van der Waals surface area contributed by atoms with Gasteiger partial charge in [-0.15, -0.1) is 0 Å². The minimum atomic E-state index is -0.0818. The Morgan fingerprint density at radius 2 is 1.85 bits per heavy atom. The lowest BCUT2D eigenvalue weighted by molar-refractivity contribution is 0.392. The van der Waals surface area contributed by atoms with Crippen LogP contribution in [-0.2, 0) is 0 Å². The molecule has 1 unspecified atom stereocenters. The van der Waals surface area contributed by atoms with Crippen molar-refractivity contribution in [3.63, 3.8) is 0 Å². The maximum atomic E-state index is 5.50. The van der Waals surface area contributed by atoms with E-state index in [1.54, 1.807) is 20.4 Å². The van der Waals surface area contributed by atoms with E-state index < -0.39 is 0 Å². The number of aryl methyl sites for hydroxylation is 1. The van der Waals surface area contributed by atoms with E-state index in [4.69, 9.17) is 9.47 Å². The zero-order valence-electron chi connectivity index (χ0n) is 12.3. The molecule has 4 nitrogen and oxygen atoms in total. The summed E-state index contributed by atoms with van der Waals surface area (Å²) in [6.45, 7) is 2.04. The summed E-state index contributed by atoms with van der Waals surface area (Å²) in [5.74, 6) is 1.60. The first-order valence-electron chi connectivity index (χ1n) is 6.52. The highest BCUT2D eigenvalue weighted by molar-refractivity contribution is 5.45. The molecule has 4 heteroatoms. The average molecular weight is 272 g/mol. The number of methoxy groups -OCH3 is 2. The summed E-state index contributed by atoms with van der Waals surface area (Å²) >= 11 is 0. The smallest absolute Gasteiger partial charge is 0.142 e. The molecule has 1 heterocycles. The van der Waals surface area contributed by atoms with Crippen LogP contribution in [-0.4, -0.2) is 26.3 Å². The Kier molecular flexibility index (Phi) is 4.58. The van der Waals surface area contributed by atoms with E-state index in [9.17, 15) is 0 Å². The Morgan fingerprint density at radius 1 is 1.10 bits per heavy atom. The van der Waals surface area contributed by atoms with Crippen molar-refractivity contribution in [2.75, 3.05) is 21.3 Å². The van der Waals surface area contributed by atoms with Crippen LogP contribution >= 0.6 is 0 Å². The molecule has 1 aromatic carbocycles. The first kappa shape index (κ1) is 14.3. The van der Waals surface area contributed by atoms with Crippen molar-refractivity contribution in [3.05, 3.63) is 53.3 Å². The molecule has 0 aliphatic carbocycles. The van der Waals surface area contributed by atoms with Crippen LogP contribution in [0, 0.1) is 6.92 Å². The maximum absolute atomic E-state index is 5.50. The number of hydrogen-bond donors (Lipinski definition) is 1. The average Bonchev–Trinajstić information content (AvgIpc) is 2.49. The number of nitrogens with zero attached hydrogens (tertiary/aromatic N) is 1. The number of hydrogen-bond acceptors (Lipinski definition) is 4. The molecule has 0 aliphatic rings. The largest absolute Gasteiger partial charge is 0.496 e. The molecule has 1 aromatic heterocycles. The van der Waals surface area contributed by atoms with Crippen molar-refractivity contribution in [1.29, 1.82) is 0 Å². The van der Waals surface area contributed by atoms with E-state index in [1.807, 2.05) is 32.2 Å². The molecule has 0 spiro atoms. The molecule has 1 atom stereocenters. The third-order valence-corrected chi connectivity index (χ3v) is 3.28. The zero-order chi connectivity index (χ0) is 14.5. The molecule has 1 N–H and O–H groups in total. The molecule has 2 rings (SSSR count). The van der Waals surface area contributed by atoms with E-state index in [2.05, 4.69) is 22.4 Å². The first-order chi connectivity index (χ1) is 9.71. The second-order valence-corrected chi connectivity index (χ2v) is 4.56. The third kappa shape index (κ3) is 2.75. The summed E-state index contributed by atoms with van der Waals surface area (Å²) in [5.41, 5.74) is 3.05. The minimum Gasteiger partial charge on any atom is -0.496 e. The van der Waals surface area contributed by atoms with Gasteiger partial charge in [-0.1, -0.05) is 12.1 Å². The molecule has 0 amide bonds. The molecule has 0 fully saturated rings. The Bertz CT molecular complexity index is 584. The minimum absolute atomic E-state index is 0.0818. The predicted molar refractivity (Wildman–Crippen MR) is 79.4 cm³/mol. The van der Waals surface area contributed by atoms with Gasteiger partial charge in [-0.2, -0.15) is 0 Å². The number of rotatable bonds is 5. The topological polar surface area (TPSA) is 43.4 Å². The SMILES string of the molecule is CNC(c1ccc(C)cc1OC)c1ncccc1OC. The van der Waals surface area contributed by atoms with Crippen LogP contribution in [0.4, 0.5) is 0 Å². The first-order valence-corrected chi connectivity index (χ1v) is 6.52. The molecule has 2 aromatic rings. The summed E-state index contributed by atoms with van der Waals surface area (Å²) in [6.07, 6.45) is 1.77. The molecule has 0 bridgehead atoms. The molecule has 20 heavy (non-hydrogen) atoms. The van der Waals surface area contributed by atoms with Gasteiger partial charge >= 0.3 is 0 Å². The van der Waals surface area contributed by atoms with E-state index in [0.29, 0.717) is 0 Å². The van der Waals surface area contributed by atoms with Crippen LogP contribution in [0.3, 0.4) is 0 Å². The fourth-order valence-corrected chi connectivity index (χ4v) is 2.29. The summed E-state index contributed by atoms with van der Waals surface area (Å²) in [6, 6.07) is 9.84. The normalized spacial score (nSPS) is 12.0. The van der Waals surface area contributed by atoms with Gasteiger partial charge < -0.3 is 14.8 Å². The van der Waals surface area contributed by atoms with Gasteiger partial charge in [-0.25, -0.2) is 0 Å². The zero-order valence-corrected chi connectivity index (χ0v) is 12.3. The fourth-order valence-electron chi connectivity index (χ4n) is 2.29. The summed E-state index contributed by atoms with van der Waals surface area (Å²) in [4.78, 5) is 4.45. The van der Waals surface area contributed by atoms with Crippen LogP contribution in [0.1, 0.15) is 22.9 Å². The number of nitrogens with one attached hydrogen (secondary N) is 1. The number of pyridine rings is 1. The number of ether oxygens (including phenoxy) is 2. The van der Waals surface area contributed by atoms with Crippen LogP contribution in [0.15, 0.2) is 36.5 Å². The molecule has 0 radical (unpaired) electrons. The van der Waals surface area contributed by atoms with Gasteiger partial charge in [0.05, 0.1) is 20.3 Å². The van der Waals surface area contributed by atoms with Gasteiger partial charge in [0.25, 0.3) is 0 Å². The van der Waals surface area contributed by atoms with E-state index in [1.165, 1.54) is 0 Å². The lowest BCUT2D eigenvalue weighted by Gasteiger charge is -2.21. The Balaban J connectivity index is 2.52. The quantitative estimate of drug-likeness (QED) is 0.909. The highest BCUT2D eigenvalue weighted by atomic mass is 16.5. The van der Waals surface area contributed by atoms with Crippen LogP contribution in [0.5, 0.6) is 11.5 Å². The lowest BCUT2D eigenvalue weighted by Crippen LogP contribution is -2.20. The maximum Gasteiger partial charge on any atom is 0.142 e. The van der Waals surface area contributed by atoms with E-state index in [-0.39, 0.29) is 6.04 Å². The molecule has 0 aliphatic heterocycles. The lowest BCUT2D eigenvalue weighted by atomic mass is 10.00. The number of aromatic nitrogens is 1. The monoisotopic (exact) mass is 272 g/mol. The van der Waals surface area contributed by atoms with Crippen molar-refractivity contribution < 1.29 is 9.47 Å². The van der Waals surface area contributed by atoms with Crippen LogP contribution in [0.25, 0.3) is 0 Å². The summed E-state index contributed by atoms with van der Waals surface area (Å²) < 4.78 is 10.9. The fraction of sp³-hybridized carbons (Fsp3) is 0.312. The van der Waals surface area contributed by atoms with Crippen molar-refractivity contribution in [2.24, 2.45) is 0 Å². The standard InChI is InChI=1S/C16H20N2O2/c1-11-7-8-12(14(10-11)20-4)15(17-2)16-13(19-3)6-5-9-18-16/h5-10,15,17H,1-4H3. The Morgan fingerprint density at radius 3 is 2.50 bits per heavy atom. The molecule has 0 saturated heterocycles. The van der Waals surface area contributed by atoms with Crippen LogP contribution in [0.2, 0.25) is 0 Å².